The quantitative estimate of drug-likeness (QED) is 0.256. The average Bonchev–Trinajstić information content (AvgIpc) is 3.71. The molecule has 2 heterocycles. The van der Waals surface area contributed by atoms with Gasteiger partial charge in [0, 0.05) is 35.0 Å². The number of benzene rings is 2. The highest BCUT2D eigenvalue weighted by Crippen LogP contribution is 2.37. The summed E-state index contributed by atoms with van der Waals surface area (Å²) in [6.07, 6.45) is -3.08. The molecule has 1 atom stereocenters. The number of ether oxygens (including phenoxy) is 1. The SMILES string of the molecule is COc1cccc(C(CC(=O)Cn2nc(-c3ccc(Cl)cc3)n(C3CC3)c2=O)c2cccc(C(F)(F)F)c2)n1. The molecule has 0 bridgehead atoms. The van der Waals surface area contributed by atoms with Crippen LogP contribution in [0.4, 0.5) is 13.2 Å². The lowest BCUT2D eigenvalue weighted by Crippen LogP contribution is -2.28. The Morgan fingerprint density at radius 3 is 2.49 bits per heavy atom. The summed E-state index contributed by atoms with van der Waals surface area (Å²) in [6.45, 7) is -0.335. The van der Waals surface area contributed by atoms with Crippen LogP contribution in [0, 0.1) is 0 Å². The number of carbonyl (C=O) groups is 1. The van der Waals surface area contributed by atoms with Crippen molar-refractivity contribution in [2.24, 2.45) is 0 Å². The summed E-state index contributed by atoms with van der Waals surface area (Å²) >= 11 is 6.01. The van der Waals surface area contributed by atoms with E-state index in [1.165, 1.54) is 19.2 Å². The van der Waals surface area contributed by atoms with E-state index in [4.69, 9.17) is 16.3 Å². The maximum Gasteiger partial charge on any atom is 0.416 e. The third-order valence-corrected chi connectivity index (χ3v) is 6.82. The number of hydrogen-bond acceptors (Lipinski definition) is 5. The molecule has 2 aromatic heterocycles. The molecule has 202 valence electrons. The van der Waals surface area contributed by atoms with E-state index in [1.807, 2.05) is 0 Å². The van der Waals surface area contributed by atoms with Crippen molar-refractivity contribution in [3.63, 3.8) is 0 Å². The van der Waals surface area contributed by atoms with Crippen LogP contribution in [0.1, 0.15) is 48.0 Å². The molecule has 7 nitrogen and oxygen atoms in total. The first kappa shape index (κ1) is 26.7. The van der Waals surface area contributed by atoms with Crippen LogP contribution in [-0.2, 0) is 17.5 Å². The zero-order valence-electron chi connectivity index (χ0n) is 20.9. The highest BCUT2D eigenvalue weighted by molar-refractivity contribution is 6.30. The van der Waals surface area contributed by atoms with Gasteiger partial charge in [-0.2, -0.15) is 13.2 Å². The minimum Gasteiger partial charge on any atom is -0.481 e. The topological polar surface area (TPSA) is 79.0 Å². The summed E-state index contributed by atoms with van der Waals surface area (Å²) in [5, 5.41) is 5.00. The maximum atomic E-state index is 13.5. The van der Waals surface area contributed by atoms with Crippen LogP contribution in [0.3, 0.4) is 0 Å². The smallest absolute Gasteiger partial charge is 0.416 e. The fourth-order valence-electron chi connectivity index (χ4n) is 4.50. The van der Waals surface area contributed by atoms with Gasteiger partial charge in [-0.05, 0) is 54.8 Å². The molecule has 11 heteroatoms. The fraction of sp³-hybridized carbons (Fsp3) is 0.286. The first-order valence-electron chi connectivity index (χ1n) is 12.3. The van der Waals surface area contributed by atoms with E-state index in [-0.39, 0.29) is 36.2 Å². The Morgan fingerprint density at radius 1 is 1.10 bits per heavy atom. The van der Waals surface area contributed by atoms with Crippen molar-refractivity contribution in [3.8, 4) is 17.3 Å². The van der Waals surface area contributed by atoms with E-state index in [9.17, 15) is 22.8 Å². The van der Waals surface area contributed by atoms with Gasteiger partial charge < -0.3 is 4.74 Å². The molecule has 2 aromatic carbocycles. The highest BCUT2D eigenvalue weighted by atomic mass is 35.5. The van der Waals surface area contributed by atoms with Crippen LogP contribution in [0.5, 0.6) is 5.88 Å². The van der Waals surface area contributed by atoms with Gasteiger partial charge in [-0.15, -0.1) is 5.10 Å². The largest absolute Gasteiger partial charge is 0.481 e. The van der Waals surface area contributed by atoms with Gasteiger partial charge in [-0.3, -0.25) is 9.36 Å². The van der Waals surface area contributed by atoms with E-state index in [2.05, 4.69) is 10.1 Å². The molecule has 1 aliphatic carbocycles. The molecule has 0 spiro atoms. The van der Waals surface area contributed by atoms with Crippen LogP contribution >= 0.6 is 11.6 Å². The third-order valence-electron chi connectivity index (χ3n) is 6.57. The number of rotatable bonds is 9. The molecule has 4 aromatic rings. The number of carbonyl (C=O) groups excluding carboxylic acids is 1. The normalized spacial score (nSPS) is 14.3. The summed E-state index contributed by atoms with van der Waals surface area (Å²) in [7, 11) is 1.43. The van der Waals surface area contributed by atoms with E-state index in [1.54, 1.807) is 47.0 Å². The fourth-order valence-corrected chi connectivity index (χ4v) is 4.63. The summed E-state index contributed by atoms with van der Waals surface area (Å²) in [4.78, 5) is 31.0. The van der Waals surface area contributed by atoms with Gasteiger partial charge in [0.1, 0.15) is 6.54 Å². The number of methoxy groups -OCH3 is 1. The second kappa shape index (κ2) is 10.7. The average molecular weight is 557 g/mol. The highest BCUT2D eigenvalue weighted by Gasteiger charge is 2.33. The van der Waals surface area contributed by atoms with E-state index >= 15 is 0 Å². The van der Waals surface area contributed by atoms with Gasteiger partial charge in [-0.25, -0.2) is 14.5 Å². The van der Waals surface area contributed by atoms with Gasteiger partial charge in [0.25, 0.3) is 0 Å². The predicted octanol–water partition coefficient (Wildman–Crippen LogP) is 5.91. The molecule has 1 unspecified atom stereocenters. The second-order valence-corrected chi connectivity index (χ2v) is 9.83. The minimum atomic E-state index is -4.55. The monoisotopic (exact) mass is 556 g/mol. The Labute approximate surface area is 226 Å². The van der Waals surface area contributed by atoms with Crippen LogP contribution in [0.25, 0.3) is 11.4 Å². The summed E-state index contributed by atoms with van der Waals surface area (Å²) in [6, 6.07) is 16.6. The van der Waals surface area contributed by atoms with Crippen molar-refractivity contribution in [1.29, 1.82) is 0 Å². The molecule has 1 aliphatic rings. The Balaban J connectivity index is 1.47. The number of Topliss-reactive ketones (excluding diaryl/α,β-unsaturated/α-hetero) is 1. The molecule has 0 aliphatic heterocycles. The summed E-state index contributed by atoms with van der Waals surface area (Å²) in [5.74, 6) is -0.473. The Bertz CT molecular complexity index is 1560. The molecule has 39 heavy (non-hydrogen) atoms. The van der Waals surface area contributed by atoms with Gasteiger partial charge in [0.15, 0.2) is 11.6 Å². The summed E-state index contributed by atoms with van der Waals surface area (Å²) in [5.41, 5.74) is 0.103. The molecule has 0 N–H and O–H groups in total. The Kier molecular flexibility index (Phi) is 7.31. The van der Waals surface area contributed by atoms with Crippen LogP contribution in [-0.4, -0.2) is 32.2 Å². The molecule has 0 saturated heterocycles. The van der Waals surface area contributed by atoms with Gasteiger partial charge in [0.05, 0.1) is 18.4 Å². The van der Waals surface area contributed by atoms with Crippen molar-refractivity contribution in [3.05, 3.63) is 99.1 Å². The Hall–Kier alpha value is -3.92. The third kappa shape index (κ3) is 5.90. The van der Waals surface area contributed by atoms with Crippen molar-refractivity contribution in [1.82, 2.24) is 19.3 Å². The van der Waals surface area contributed by atoms with E-state index in [0.29, 0.717) is 22.1 Å². The van der Waals surface area contributed by atoms with Crippen molar-refractivity contribution < 1.29 is 22.7 Å². The molecule has 0 amide bonds. The van der Waals surface area contributed by atoms with Crippen molar-refractivity contribution >= 4 is 17.4 Å². The first-order chi connectivity index (χ1) is 18.6. The zero-order chi connectivity index (χ0) is 27.7. The molecule has 1 fully saturated rings. The number of nitrogens with zero attached hydrogens (tertiary/aromatic N) is 4. The number of pyridine rings is 1. The number of aromatic nitrogens is 4. The minimum absolute atomic E-state index is 0.00544. The first-order valence-corrected chi connectivity index (χ1v) is 12.7. The number of ketones is 1. The van der Waals surface area contributed by atoms with Crippen molar-refractivity contribution in [2.45, 2.75) is 43.9 Å². The lowest BCUT2D eigenvalue weighted by molar-refractivity contribution is -0.137. The Morgan fingerprint density at radius 2 is 1.82 bits per heavy atom. The zero-order valence-corrected chi connectivity index (χ0v) is 21.6. The molecule has 1 saturated carbocycles. The molecule has 5 rings (SSSR count). The lowest BCUT2D eigenvalue weighted by Gasteiger charge is -2.18. The summed E-state index contributed by atoms with van der Waals surface area (Å²) < 4.78 is 48.3. The standard InChI is InChI=1S/C28H24ClF3N4O3/c1-39-25-7-3-6-24(33-25)23(18-4-2-5-19(14-18)28(30,31)32)15-22(37)16-35-27(38)36(21-12-13-21)26(34-35)17-8-10-20(29)11-9-17/h2-11,14,21,23H,12-13,15-16H2,1H3. The number of alkyl halides is 3. The molecular formula is C28H24ClF3N4O3. The van der Waals surface area contributed by atoms with Crippen LogP contribution < -0.4 is 10.4 Å². The van der Waals surface area contributed by atoms with Gasteiger partial charge in [0.2, 0.25) is 5.88 Å². The van der Waals surface area contributed by atoms with Crippen molar-refractivity contribution in [2.75, 3.05) is 7.11 Å². The molecular weight excluding hydrogens is 533 g/mol. The lowest BCUT2D eigenvalue weighted by atomic mass is 9.89. The maximum absolute atomic E-state index is 13.5. The van der Waals surface area contributed by atoms with Gasteiger partial charge in [-0.1, -0.05) is 35.9 Å². The van der Waals surface area contributed by atoms with E-state index in [0.717, 1.165) is 29.7 Å². The second-order valence-electron chi connectivity index (χ2n) is 9.40. The number of halogens is 4. The van der Waals surface area contributed by atoms with Crippen LogP contribution in [0.2, 0.25) is 5.02 Å². The van der Waals surface area contributed by atoms with E-state index < -0.39 is 23.3 Å². The predicted molar refractivity (Wildman–Crippen MR) is 139 cm³/mol. The van der Waals surface area contributed by atoms with Gasteiger partial charge >= 0.3 is 11.9 Å². The molecule has 0 radical (unpaired) electrons. The van der Waals surface area contributed by atoms with Crippen LogP contribution in [0.15, 0.2) is 71.5 Å². The number of hydrogen-bond donors (Lipinski definition) is 0.